The summed E-state index contributed by atoms with van der Waals surface area (Å²) in [6, 6.07) is 5.52. The van der Waals surface area contributed by atoms with Crippen LogP contribution in [0.15, 0.2) is 23.0 Å². The number of aliphatic hydroxyl groups excluding tert-OH is 1. The predicted octanol–water partition coefficient (Wildman–Crippen LogP) is 0.0599. The highest BCUT2D eigenvalue weighted by molar-refractivity contribution is 5.77. The number of hydrogen-bond acceptors (Lipinski definition) is 4. The van der Waals surface area contributed by atoms with Crippen LogP contribution in [-0.4, -0.2) is 34.0 Å². The zero-order valence-electron chi connectivity index (χ0n) is 11.0. The van der Waals surface area contributed by atoms with E-state index < -0.39 is 0 Å². The molecule has 0 aliphatic heterocycles. The van der Waals surface area contributed by atoms with Crippen LogP contribution < -0.4 is 16.2 Å². The van der Waals surface area contributed by atoms with Gasteiger partial charge in [-0.3, -0.25) is 9.13 Å². The first-order valence-electron chi connectivity index (χ1n) is 6.32. The Balaban J connectivity index is 2.40. The maximum atomic E-state index is 12.0. The molecule has 0 amide bonds. The highest BCUT2D eigenvalue weighted by Gasteiger charge is 2.10. The lowest BCUT2D eigenvalue weighted by atomic mass is 10.3. The fraction of sp³-hybridized carbons (Fsp3) is 0.462. The Morgan fingerprint density at radius 1 is 1.37 bits per heavy atom. The van der Waals surface area contributed by atoms with E-state index in [1.165, 1.54) is 0 Å². The molecule has 0 radical (unpaired) electrons. The molecule has 1 aromatic carbocycles. The second-order valence-corrected chi connectivity index (χ2v) is 4.36. The molecule has 0 aliphatic rings. The molecule has 0 spiro atoms. The van der Waals surface area contributed by atoms with Crippen molar-refractivity contribution in [3.05, 3.63) is 28.7 Å². The molecule has 1 heterocycles. The summed E-state index contributed by atoms with van der Waals surface area (Å²) in [5.41, 5.74) is 7.14. The molecule has 0 atom stereocenters. The smallest absolute Gasteiger partial charge is 0.328 e. The molecule has 1 aromatic heterocycles. The molecule has 104 valence electrons. The van der Waals surface area contributed by atoms with E-state index in [9.17, 15) is 4.79 Å². The molecule has 0 aliphatic carbocycles. The minimum absolute atomic E-state index is 0.0760. The van der Waals surface area contributed by atoms with Gasteiger partial charge in [-0.1, -0.05) is 0 Å². The first-order chi connectivity index (χ1) is 9.19. The summed E-state index contributed by atoms with van der Waals surface area (Å²) < 4.78 is 8.77. The highest BCUT2D eigenvalue weighted by atomic mass is 16.5. The summed E-state index contributed by atoms with van der Waals surface area (Å²) in [6.45, 7) is 1.45. The van der Waals surface area contributed by atoms with Gasteiger partial charge in [0.15, 0.2) is 0 Å². The monoisotopic (exact) mass is 265 g/mol. The van der Waals surface area contributed by atoms with Gasteiger partial charge < -0.3 is 15.6 Å². The third-order valence-electron chi connectivity index (χ3n) is 3.04. The van der Waals surface area contributed by atoms with Crippen molar-refractivity contribution >= 4 is 11.0 Å². The predicted molar refractivity (Wildman–Crippen MR) is 73.4 cm³/mol. The zero-order valence-corrected chi connectivity index (χ0v) is 11.0. The Morgan fingerprint density at radius 3 is 2.84 bits per heavy atom. The van der Waals surface area contributed by atoms with Crippen LogP contribution in [0.2, 0.25) is 0 Å². The van der Waals surface area contributed by atoms with Crippen LogP contribution in [0.5, 0.6) is 5.75 Å². The SMILES string of the molecule is Cn1c(=O)n(CCN)c2cc(OCCCO)ccc21. The first-order valence-corrected chi connectivity index (χ1v) is 6.32. The van der Waals surface area contributed by atoms with Crippen LogP contribution in [0.4, 0.5) is 0 Å². The van der Waals surface area contributed by atoms with E-state index in [-0.39, 0.29) is 12.3 Å². The summed E-state index contributed by atoms with van der Waals surface area (Å²) in [4.78, 5) is 12.0. The quantitative estimate of drug-likeness (QED) is 0.724. The number of fused-ring (bicyclic) bond motifs is 1. The number of aryl methyl sites for hydroxylation is 1. The van der Waals surface area contributed by atoms with Crippen molar-refractivity contribution in [2.75, 3.05) is 19.8 Å². The number of hydrogen-bond donors (Lipinski definition) is 2. The minimum Gasteiger partial charge on any atom is -0.493 e. The molecule has 6 nitrogen and oxygen atoms in total. The van der Waals surface area contributed by atoms with Crippen molar-refractivity contribution in [2.24, 2.45) is 12.8 Å². The van der Waals surface area contributed by atoms with Crippen LogP contribution in [0, 0.1) is 0 Å². The van der Waals surface area contributed by atoms with Gasteiger partial charge >= 0.3 is 5.69 Å². The van der Waals surface area contributed by atoms with E-state index in [0.717, 1.165) is 11.0 Å². The Bertz CT molecular complexity index is 615. The summed E-state index contributed by atoms with van der Waals surface area (Å²) in [6.07, 6.45) is 0.586. The zero-order chi connectivity index (χ0) is 13.8. The minimum atomic E-state index is -0.0760. The Kier molecular flexibility index (Phi) is 4.24. The fourth-order valence-electron chi connectivity index (χ4n) is 2.08. The van der Waals surface area contributed by atoms with Crippen LogP contribution >= 0.6 is 0 Å². The molecule has 0 saturated carbocycles. The molecule has 0 unspecified atom stereocenters. The van der Waals surface area contributed by atoms with Gasteiger partial charge in [-0.2, -0.15) is 0 Å². The van der Waals surface area contributed by atoms with Crippen LogP contribution in [0.1, 0.15) is 6.42 Å². The van der Waals surface area contributed by atoms with Crippen molar-refractivity contribution in [2.45, 2.75) is 13.0 Å². The Hall–Kier alpha value is -1.79. The number of nitrogens with two attached hydrogens (primary N) is 1. The molecule has 0 bridgehead atoms. The summed E-state index contributed by atoms with van der Waals surface area (Å²) in [5.74, 6) is 0.692. The third-order valence-corrected chi connectivity index (χ3v) is 3.04. The van der Waals surface area contributed by atoms with Crippen LogP contribution in [0.3, 0.4) is 0 Å². The number of imidazole rings is 1. The first kappa shape index (κ1) is 13.6. The largest absolute Gasteiger partial charge is 0.493 e. The van der Waals surface area contributed by atoms with Gasteiger partial charge in [-0.25, -0.2) is 4.79 Å². The number of aliphatic hydroxyl groups is 1. The average Bonchev–Trinajstić information content (AvgIpc) is 2.65. The molecular formula is C13H19N3O3. The van der Waals surface area contributed by atoms with Gasteiger partial charge in [0.25, 0.3) is 0 Å². The Labute approximate surface area is 111 Å². The second-order valence-electron chi connectivity index (χ2n) is 4.36. The van der Waals surface area contributed by atoms with Gasteiger partial charge in [0, 0.05) is 39.2 Å². The lowest BCUT2D eigenvalue weighted by Crippen LogP contribution is -2.25. The highest BCUT2D eigenvalue weighted by Crippen LogP contribution is 2.20. The summed E-state index contributed by atoms with van der Waals surface area (Å²) in [5, 5.41) is 8.73. The van der Waals surface area contributed by atoms with Crippen LogP contribution in [-0.2, 0) is 13.6 Å². The number of benzene rings is 1. The number of rotatable bonds is 6. The topological polar surface area (TPSA) is 82.4 Å². The third kappa shape index (κ3) is 2.64. The van der Waals surface area contributed by atoms with E-state index in [0.29, 0.717) is 31.9 Å². The van der Waals surface area contributed by atoms with Gasteiger partial charge in [0.05, 0.1) is 17.6 Å². The maximum absolute atomic E-state index is 12.0. The number of nitrogens with zero attached hydrogens (tertiary/aromatic N) is 2. The molecule has 0 saturated heterocycles. The van der Waals surface area contributed by atoms with Crippen molar-refractivity contribution in [1.29, 1.82) is 0 Å². The number of ether oxygens (including phenoxy) is 1. The van der Waals surface area contributed by atoms with E-state index in [4.69, 9.17) is 15.6 Å². The molecule has 2 aromatic rings. The van der Waals surface area contributed by atoms with Crippen molar-refractivity contribution in [1.82, 2.24) is 9.13 Å². The van der Waals surface area contributed by atoms with Crippen molar-refractivity contribution in [3.63, 3.8) is 0 Å². The van der Waals surface area contributed by atoms with Crippen LogP contribution in [0.25, 0.3) is 11.0 Å². The molecule has 0 fully saturated rings. The maximum Gasteiger partial charge on any atom is 0.328 e. The van der Waals surface area contributed by atoms with Crippen molar-refractivity contribution < 1.29 is 9.84 Å². The molecule has 6 heteroatoms. The molecular weight excluding hydrogens is 246 g/mol. The van der Waals surface area contributed by atoms with E-state index in [1.54, 1.807) is 16.2 Å². The normalized spacial score (nSPS) is 11.1. The van der Waals surface area contributed by atoms with E-state index >= 15 is 0 Å². The van der Waals surface area contributed by atoms with E-state index in [2.05, 4.69) is 0 Å². The summed E-state index contributed by atoms with van der Waals surface area (Å²) in [7, 11) is 1.74. The van der Waals surface area contributed by atoms with E-state index in [1.807, 2.05) is 18.2 Å². The lowest BCUT2D eigenvalue weighted by molar-refractivity contribution is 0.233. The fourth-order valence-corrected chi connectivity index (χ4v) is 2.08. The number of aromatic nitrogens is 2. The molecule has 3 N–H and O–H groups in total. The average molecular weight is 265 g/mol. The van der Waals surface area contributed by atoms with Gasteiger partial charge in [-0.15, -0.1) is 0 Å². The molecule has 2 rings (SSSR count). The van der Waals surface area contributed by atoms with Gasteiger partial charge in [0.1, 0.15) is 5.75 Å². The molecule has 19 heavy (non-hydrogen) atoms. The Morgan fingerprint density at radius 2 is 2.16 bits per heavy atom. The summed E-state index contributed by atoms with van der Waals surface area (Å²) >= 11 is 0. The van der Waals surface area contributed by atoms with Gasteiger partial charge in [-0.05, 0) is 12.1 Å². The van der Waals surface area contributed by atoms with Gasteiger partial charge in [0.2, 0.25) is 0 Å². The standard InChI is InChI=1S/C13H19N3O3/c1-15-11-4-3-10(19-8-2-7-17)9-12(11)16(6-5-14)13(15)18/h3-4,9,17H,2,5-8,14H2,1H3. The second kappa shape index (κ2) is 5.90. The lowest BCUT2D eigenvalue weighted by Gasteiger charge is -2.06. The van der Waals surface area contributed by atoms with Crippen molar-refractivity contribution in [3.8, 4) is 5.75 Å².